The van der Waals surface area contributed by atoms with Crippen molar-refractivity contribution in [3.63, 3.8) is 0 Å². The van der Waals surface area contributed by atoms with Gasteiger partial charge in [-0.25, -0.2) is 9.67 Å². The normalized spacial score (nSPS) is 17.6. The van der Waals surface area contributed by atoms with E-state index in [2.05, 4.69) is 20.6 Å². The maximum Gasteiger partial charge on any atom is 0.303 e. The highest BCUT2D eigenvalue weighted by atomic mass is 35.5. The van der Waals surface area contributed by atoms with E-state index in [4.69, 9.17) is 28.3 Å². The summed E-state index contributed by atoms with van der Waals surface area (Å²) in [7, 11) is 0. The molecule has 0 aliphatic heterocycles. The lowest BCUT2D eigenvalue weighted by Gasteiger charge is -2.30. The average Bonchev–Trinajstić information content (AvgIpc) is 3.39. The van der Waals surface area contributed by atoms with Crippen molar-refractivity contribution in [3.05, 3.63) is 93.2 Å². The van der Waals surface area contributed by atoms with E-state index < -0.39 is 17.6 Å². The molecule has 2 N–H and O–H groups in total. The predicted octanol–water partition coefficient (Wildman–Crippen LogP) is 4.73. The summed E-state index contributed by atoms with van der Waals surface area (Å²) in [4.78, 5) is 42.8. The van der Waals surface area contributed by atoms with Crippen LogP contribution in [0.2, 0.25) is 10.2 Å². The molecule has 1 aliphatic rings. The zero-order valence-corrected chi connectivity index (χ0v) is 23.5. The first kappa shape index (κ1) is 28.5. The number of nitrogens with one attached hydrogen (secondary N) is 1. The van der Waals surface area contributed by atoms with Crippen molar-refractivity contribution in [1.82, 2.24) is 29.9 Å². The lowest BCUT2D eigenvalue weighted by Crippen LogP contribution is -2.44. The Balaban J connectivity index is 1.42. The molecule has 212 valence electrons. The number of rotatable bonds is 9. The Labute approximate surface area is 245 Å². The smallest absolute Gasteiger partial charge is 0.303 e. The van der Waals surface area contributed by atoms with Crippen molar-refractivity contribution in [2.45, 2.75) is 50.6 Å². The number of carboxylic acids is 1. The average molecular weight is 595 g/mol. The lowest BCUT2D eigenvalue weighted by molar-refractivity contribution is -0.138. The van der Waals surface area contributed by atoms with Gasteiger partial charge in [0.05, 0.1) is 23.9 Å². The Morgan fingerprint density at radius 1 is 1.05 bits per heavy atom. The van der Waals surface area contributed by atoms with E-state index in [0.717, 1.165) is 18.4 Å². The lowest BCUT2D eigenvalue weighted by atomic mass is 9.84. The zero-order valence-electron chi connectivity index (χ0n) is 22.0. The largest absolute Gasteiger partial charge is 0.481 e. The highest BCUT2D eigenvalue weighted by Crippen LogP contribution is 2.29. The molecule has 5 rings (SSSR count). The first-order chi connectivity index (χ1) is 19.8. The molecule has 1 fully saturated rings. The molecule has 0 spiro atoms. The summed E-state index contributed by atoms with van der Waals surface area (Å²) in [5.41, 5.74) is 1.97. The van der Waals surface area contributed by atoms with E-state index >= 15 is 0 Å². The molecular formula is C29H28Cl2N6O4. The molecule has 10 nitrogen and oxygen atoms in total. The molecule has 41 heavy (non-hydrogen) atoms. The van der Waals surface area contributed by atoms with Crippen LogP contribution in [-0.4, -0.2) is 47.6 Å². The maximum absolute atomic E-state index is 13.6. The minimum atomic E-state index is -0.837. The highest BCUT2D eigenvalue weighted by Gasteiger charge is 2.28. The fraction of sp³-hybridized carbons (Fsp3) is 0.310. The number of aliphatic carboxylic acids is 1. The molecule has 0 unspecified atom stereocenters. The Bertz CT molecular complexity index is 1600. The Morgan fingerprint density at radius 2 is 1.80 bits per heavy atom. The number of aromatic nitrogens is 5. The van der Waals surface area contributed by atoms with Gasteiger partial charge in [0.15, 0.2) is 5.15 Å². The second-order valence-corrected chi connectivity index (χ2v) is 11.0. The number of benzene rings is 2. The van der Waals surface area contributed by atoms with Gasteiger partial charge < -0.3 is 10.4 Å². The molecule has 0 saturated heterocycles. The van der Waals surface area contributed by atoms with Crippen LogP contribution in [0.1, 0.15) is 43.7 Å². The minimum absolute atomic E-state index is 0.0859. The van der Waals surface area contributed by atoms with Gasteiger partial charge in [0, 0.05) is 35.5 Å². The number of hydrogen-bond acceptors (Lipinski definition) is 6. The van der Waals surface area contributed by atoms with E-state index in [9.17, 15) is 14.4 Å². The van der Waals surface area contributed by atoms with E-state index in [-0.39, 0.29) is 29.4 Å². The van der Waals surface area contributed by atoms with E-state index in [1.54, 1.807) is 18.2 Å². The second-order valence-electron chi connectivity index (χ2n) is 10.2. The number of carbonyl (C=O) groups excluding carboxylic acids is 1. The fourth-order valence-electron chi connectivity index (χ4n) is 5.28. The molecule has 1 atom stereocenters. The molecule has 1 saturated carbocycles. The Morgan fingerprint density at radius 3 is 2.46 bits per heavy atom. The maximum atomic E-state index is 13.6. The highest BCUT2D eigenvalue weighted by molar-refractivity contribution is 6.31. The van der Waals surface area contributed by atoms with Crippen molar-refractivity contribution >= 4 is 35.1 Å². The van der Waals surface area contributed by atoms with Crippen LogP contribution in [0.5, 0.6) is 0 Å². The first-order valence-corrected chi connectivity index (χ1v) is 14.0. The van der Waals surface area contributed by atoms with Crippen molar-refractivity contribution < 1.29 is 14.7 Å². The summed E-state index contributed by atoms with van der Waals surface area (Å²) in [5.74, 6) is -0.969. The van der Waals surface area contributed by atoms with Gasteiger partial charge in [-0.15, -0.1) is 5.10 Å². The summed E-state index contributed by atoms with van der Waals surface area (Å²) in [5, 5.41) is 20.7. The van der Waals surface area contributed by atoms with Crippen molar-refractivity contribution in [2.75, 3.05) is 0 Å². The van der Waals surface area contributed by atoms with Gasteiger partial charge >= 0.3 is 5.97 Å². The molecular weight excluding hydrogens is 567 g/mol. The number of nitrogens with zero attached hydrogens (tertiary/aromatic N) is 5. The number of hydrogen-bond donors (Lipinski definition) is 2. The molecule has 0 bridgehead atoms. The van der Waals surface area contributed by atoms with Gasteiger partial charge in [0.25, 0.3) is 5.56 Å². The van der Waals surface area contributed by atoms with Gasteiger partial charge in [0.2, 0.25) is 5.91 Å². The quantitative estimate of drug-likeness (QED) is 0.286. The standard InChI is InChI=1S/C29H28Cl2N6O4/c30-20-8-11-24(37-16-26(31)34-35-37)22(14-20)23-15-27(38)36(17-32-23)25(12-18-4-2-1-3-5-18)29(41)33-21-9-6-19(7-10-21)13-28(39)40/h1-5,8,11,14-17,19,21,25H,6-7,9-10,12-13H2,(H,33,41)(H,39,40)/t19?,21?,25-/m0/s1. The summed E-state index contributed by atoms with van der Waals surface area (Å²) >= 11 is 12.2. The van der Waals surface area contributed by atoms with Crippen LogP contribution in [-0.2, 0) is 16.0 Å². The van der Waals surface area contributed by atoms with Gasteiger partial charge in [-0.2, -0.15) is 0 Å². The fourth-order valence-corrected chi connectivity index (χ4v) is 5.57. The summed E-state index contributed by atoms with van der Waals surface area (Å²) in [6.07, 6.45) is 6.20. The van der Waals surface area contributed by atoms with Crippen LogP contribution in [0.15, 0.2) is 71.9 Å². The van der Waals surface area contributed by atoms with Crippen molar-refractivity contribution in [2.24, 2.45) is 5.92 Å². The zero-order chi connectivity index (χ0) is 28.9. The number of halogens is 2. The Kier molecular flexibility index (Phi) is 8.80. The van der Waals surface area contributed by atoms with Gasteiger partial charge in [-0.05, 0) is 55.4 Å². The van der Waals surface area contributed by atoms with Crippen molar-refractivity contribution in [1.29, 1.82) is 0 Å². The SMILES string of the molecule is O=C(O)CC1CCC(NC(=O)[C@H](Cc2ccccc2)n2cnc(-c3cc(Cl)ccc3-n3cc(Cl)nn3)cc2=O)CC1. The summed E-state index contributed by atoms with van der Waals surface area (Å²) in [6.45, 7) is 0. The number of carbonyl (C=O) groups is 2. The molecule has 2 heterocycles. The van der Waals surface area contributed by atoms with E-state index in [1.807, 2.05) is 30.3 Å². The molecule has 1 amide bonds. The molecule has 4 aromatic rings. The number of carboxylic acid groups (broad SMARTS) is 1. The first-order valence-electron chi connectivity index (χ1n) is 13.3. The molecule has 1 aliphatic carbocycles. The van der Waals surface area contributed by atoms with Gasteiger partial charge in [-0.1, -0.05) is 58.7 Å². The minimum Gasteiger partial charge on any atom is -0.481 e. The summed E-state index contributed by atoms with van der Waals surface area (Å²) < 4.78 is 2.82. The molecule has 2 aromatic carbocycles. The van der Waals surface area contributed by atoms with Crippen LogP contribution in [0.3, 0.4) is 0 Å². The monoisotopic (exact) mass is 594 g/mol. The third kappa shape index (κ3) is 7.01. The molecule has 0 radical (unpaired) electrons. The van der Waals surface area contributed by atoms with Crippen molar-refractivity contribution in [3.8, 4) is 16.9 Å². The van der Waals surface area contributed by atoms with Crippen LogP contribution >= 0.6 is 23.2 Å². The van der Waals surface area contributed by atoms with Gasteiger partial charge in [0.1, 0.15) is 6.04 Å². The van der Waals surface area contributed by atoms with Crippen LogP contribution in [0.25, 0.3) is 16.9 Å². The third-order valence-corrected chi connectivity index (χ3v) is 7.76. The van der Waals surface area contributed by atoms with Crippen LogP contribution in [0.4, 0.5) is 0 Å². The molecule has 12 heteroatoms. The predicted molar refractivity (Wildman–Crippen MR) is 154 cm³/mol. The molecule has 2 aromatic heterocycles. The van der Waals surface area contributed by atoms with Crippen LogP contribution < -0.4 is 10.9 Å². The number of amides is 1. The van der Waals surface area contributed by atoms with Crippen LogP contribution in [0, 0.1) is 5.92 Å². The Hall–Kier alpha value is -4.02. The summed E-state index contributed by atoms with van der Waals surface area (Å²) in [6, 6.07) is 15.0. The second kappa shape index (κ2) is 12.7. The van der Waals surface area contributed by atoms with E-state index in [0.29, 0.717) is 41.2 Å². The third-order valence-electron chi connectivity index (χ3n) is 7.35. The van der Waals surface area contributed by atoms with Gasteiger partial charge in [-0.3, -0.25) is 19.0 Å². The van der Waals surface area contributed by atoms with E-state index in [1.165, 1.54) is 27.8 Å². The topological polar surface area (TPSA) is 132 Å².